The maximum absolute atomic E-state index is 8.11. The highest BCUT2D eigenvalue weighted by atomic mass is 16.6. The highest BCUT2D eigenvalue weighted by molar-refractivity contribution is 5.53. The number of hydrogen-bond acceptors (Lipinski definition) is 3. The van der Waals surface area contributed by atoms with E-state index in [0.717, 1.165) is 5.92 Å². The Bertz CT molecular complexity index is 496. The van der Waals surface area contributed by atoms with Crippen molar-refractivity contribution in [2.45, 2.75) is 114 Å². The smallest absolute Gasteiger partial charge is 0.152 e. The molecule has 0 amide bonds. The van der Waals surface area contributed by atoms with Crippen molar-refractivity contribution in [2.24, 2.45) is 16.7 Å². The second kappa shape index (κ2) is 19.7. The van der Waals surface area contributed by atoms with E-state index in [1.165, 1.54) is 54.3 Å². The fraction of sp³-hybridized carbons (Fsp3) is 0.760. The zero-order valence-corrected chi connectivity index (χ0v) is 21.2. The van der Waals surface area contributed by atoms with E-state index in [1.807, 2.05) is 13.8 Å². The van der Waals surface area contributed by atoms with Crippen LogP contribution in [0.25, 0.3) is 0 Å². The fourth-order valence-electron chi connectivity index (χ4n) is 3.05. The second-order valence-corrected chi connectivity index (χ2v) is 8.56. The first-order chi connectivity index (χ1) is 13.5. The average Bonchev–Trinajstić information content (AvgIpc) is 2.64. The van der Waals surface area contributed by atoms with Gasteiger partial charge in [-0.2, -0.15) is 0 Å². The molecule has 4 nitrogen and oxygen atoms in total. The van der Waals surface area contributed by atoms with Gasteiger partial charge in [-0.3, -0.25) is 0 Å². The summed E-state index contributed by atoms with van der Waals surface area (Å²) in [6.45, 7) is 24.4. The van der Waals surface area contributed by atoms with Gasteiger partial charge in [0.05, 0.1) is 0 Å². The Morgan fingerprint density at radius 2 is 1.48 bits per heavy atom. The molecular formula is C25H50N2O2. The van der Waals surface area contributed by atoms with Gasteiger partial charge in [-0.15, -0.1) is 4.91 Å². The molecule has 0 aliphatic heterocycles. The Morgan fingerprint density at radius 1 is 1.03 bits per heavy atom. The predicted molar refractivity (Wildman–Crippen MR) is 131 cm³/mol. The van der Waals surface area contributed by atoms with E-state index < -0.39 is 0 Å². The fourth-order valence-corrected chi connectivity index (χ4v) is 3.05. The highest BCUT2D eigenvalue weighted by Crippen LogP contribution is 2.32. The molecule has 1 rings (SSSR count). The minimum absolute atomic E-state index is 0.310. The average molecular weight is 411 g/mol. The summed E-state index contributed by atoms with van der Waals surface area (Å²) in [5.41, 5.74) is 4.23. The predicted octanol–water partition coefficient (Wildman–Crippen LogP) is 8.93. The zero-order valence-electron chi connectivity index (χ0n) is 21.2. The normalized spacial score (nSPS) is 11.0. The summed E-state index contributed by atoms with van der Waals surface area (Å²) in [6, 6.07) is 7.09. The lowest BCUT2D eigenvalue weighted by Gasteiger charge is -2.35. The molecule has 1 aromatic carbocycles. The third-order valence-electron chi connectivity index (χ3n) is 4.83. The number of unbranched alkanes of at least 4 members (excludes halogenated alkanes) is 3. The summed E-state index contributed by atoms with van der Waals surface area (Å²) in [5, 5.41) is 11.6. The van der Waals surface area contributed by atoms with Crippen molar-refractivity contribution in [3.63, 3.8) is 0 Å². The molecule has 0 aromatic heterocycles. The molecule has 0 fully saturated rings. The zero-order chi connectivity index (χ0) is 23.5. The lowest BCUT2D eigenvalue weighted by atomic mass is 9.78. The summed E-state index contributed by atoms with van der Waals surface area (Å²) < 4.78 is 0. The van der Waals surface area contributed by atoms with Crippen molar-refractivity contribution < 1.29 is 5.21 Å². The molecule has 1 unspecified atom stereocenters. The SMILES string of the molecule is CC.CCCCCC.Cc1ccc(C)c(NC(C)C(C)(C)CC(C)C)c1.O=NO. The molecule has 0 heterocycles. The van der Waals surface area contributed by atoms with Crippen LogP contribution in [0.3, 0.4) is 0 Å². The van der Waals surface area contributed by atoms with Crippen molar-refractivity contribution in [3.05, 3.63) is 34.2 Å². The van der Waals surface area contributed by atoms with Crippen molar-refractivity contribution in [1.29, 1.82) is 0 Å². The van der Waals surface area contributed by atoms with Gasteiger partial charge in [-0.1, -0.05) is 93.2 Å². The van der Waals surface area contributed by atoms with E-state index >= 15 is 0 Å². The molecule has 1 atom stereocenters. The van der Waals surface area contributed by atoms with Gasteiger partial charge in [0.15, 0.2) is 5.34 Å². The van der Waals surface area contributed by atoms with Gasteiger partial charge in [0.2, 0.25) is 0 Å². The molecule has 0 aliphatic rings. The molecule has 4 heteroatoms. The third kappa shape index (κ3) is 18.2. The largest absolute Gasteiger partial charge is 0.382 e. The van der Waals surface area contributed by atoms with Crippen LogP contribution in [-0.4, -0.2) is 11.2 Å². The van der Waals surface area contributed by atoms with Crippen molar-refractivity contribution in [3.8, 4) is 0 Å². The van der Waals surface area contributed by atoms with Gasteiger partial charge in [-0.05, 0) is 55.7 Å². The van der Waals surface area contributed by atoms with E-state index in [0.29, 0.717) is 11.5 Å². The minimum Gasteiger partial charge on any atom is -0.382 e. The molecule has 0 saturated carbocycles. The lowest BCUT2D eigenvalue weighted by molar-refractivity contribution is 0.254. The number of nitrogens with one attached hydrogen (secondary N) is 1. The van der Waals surface area contributed by atoms with E-state index in [-0.39, 0.29) is 0 Å². The van der Waals surface area contributed by atoms with E-state index in [9.17, 15) is 0 Å². The molecule has 0 bridgehead atoms. The molecule has 0 saturated heterocycles. The van der Waals surface area contributed by atoms with Gasteiger partial charge in [0.25, 0.3) is 0 Å². The molecule has 29 heavy (non-hydrogen) atoms. The first kappa shape index (κ1) is 32.1. The summed E-state index contributed by atoms with van der Waals surface area (Å²) in [4.78, 5) is 8.11. The first-order valence-corrected chi connectivity index (χ1v) is 11.4. The van der Waals surface area contributed by atoms with Gasteiger partial charge in [-0.25, -0.2) is 0 Å². The van der Waals surface area contributed by atoms with Crippen LogP contribution in [-0.2, 0) is 0 Å². The Balaban J connectivity index is -0.000000512. The topological polar surface area (TPSA) is 61.7 Å². The molecule has 172 valence electrons. The van der Waals surface area contributed by atoms with Gasteiger partial charge < -0.3 is 10.5 Å². The summed E-state index contributed by atoms with van der Waals surface area (Å²) in [7, 11) is 0. The van der Waals surface area contributed by atoms with Crippen LogP contribution in [0, 0.1) is 30.1 Å². The maximum Gasteiger partial charge on any atom is 0.152 e. The molecule has 0 aliphatic carbocycles. The number of hydrogen-bond donors (Lipinski definition) is 2. The maximum atomic E-state index is 8.11. The van der Waals surface area contributed by atoms with Crippen LogP contribution in [0.4, 0.5) is 5.69 Å². The number of benzene rings is 1. The van der Waals surface area contributed by atoms with Crippen LogP contribution >= 0.6 is 0 Å². The van der Waals surface area contributed by atoms with E-state index in [4.69, 9.17) is 10.1 Å². The van der Waals surface area contributed by atoms with Crippen LogP contribution in [0.5, 0.6) is 0 Å². The van der Waals surface area contributed by atoms with Crippen LogP contribution in [0.1, 0.15) is 106 Å². The summed E-state index contributed by atoms with van der Waals surface area (Å²) >= 11 is 0. The molecule has 2 N–H and O–H groups in total. The molecule has 0 radical (unpaired) electrons. The number of aryl methyl sites for hydroxylation is 2. The highest BCUT2D eigenvalue weighted by Gasteiger charge is 2.26. The van der Waals surface area contributed by atoms with Gasteiger partial charge in [0.1, 0.15) is 0 Å². The van der Waals surface area contributed by atoms with Crippen molar-refractivity contribution >= 4 is 5.69 Å². The summed E-state index contributed by atoms with van der Waals surface area (Å²) in [6.07, 6.45) is 6.78. The summed E-state index contributed by atoms with van der Waals surface area (Å²) in [5.74, 6) is 0.739. The van der Waals surface area contributed by atoms with Gasteiger partial charge in [0, 0.05) is 11.7 Å². The first-order valence-electron chi connectivity index (χ1n) is 11.4. The van der Waals surface area contributed by atoms with Gasteiger partial charge >= 0.3 is 0 Å². The number of anilines is 1. The standard InChI is InChI=1S/C17H29N.C6H14.C2H6.HNO2/c1-12(2)11-17(6,7)15(5)18-16-10-13(3)8-9-14(16)4;1-3-5-6-4-2;1-2;2-1-3/h8-10,12,15,18H,11H2,1-7H3;3-6H2,1-2H3;1-2H3;(H,2,3). The Labute approximate surface area is 181 Å². The molecule has 1 aromatic rings. The monoisotopic (exact) mass is 410 g/mol. The lowest BCUT2D eigenvalue weighted by Crippen LogP contribution is -2.34. The molecule has 0 spiro atoms. The quantitative estimate of drug-likeness (QED) is 0.255. The third-order valence-corrected chi connectivity index (χ3v) is 4.83. The minimum atomic E-state index is 0.310. The van der Waals surface area contributed by atoms with Crippen LogP contribution in [0.15, 0.2) is 23.5 Å². The second-order valence-electron chi connectivity index (χ2n) is 8.56. The van der Waals surface area contributed by atoms with Crippen molar-refractivity contribution in [2.75, 3.05) is 5.32 Å². The van der Waals surface area contributed by atoms with E-state index in [2.05, 4.69) is 85.8 Å². The van der Waals surface area contributed by atoms with Crippen molar-refractivity contribution in [1.82, 2.24) is 0 Å². The number of nitrogens with zero attached hydrogens (tertiary/aromatic N) is 1. The Kier molecular flexibility index (Phi) is 21.8. The number of rotatable bonds is 8. The Morgan fingerprint density at radius 3 is 1.86 bits per heavy atom. The van der Waals surface area contributed by atoms with Crippen LogP contribution < -0.4 is 5.32 Å². The molecular weight excluding hydrogens is 360 g/mol. The van der Waals surface area contributed by atoms with E-state index in [1.54, 1.807) is 0 Å². The van der Waals surface area contributed by atoms with Crippen LogP contribution in [0.2, 0.25) is 0 Å². The Hall–Kier alpha value is -1.58.